The average molecular weight is 357 g/mol. The molecule has 0 radical (unpaired) electrons. The highest BCUT2D eigenvalue weighted by Gasteiger charge is 2.42. The molecule has 4 heteroatoms. The molecule has 0 aliphatic heterocycles. The predicted octanol–water partition coefficient (Wildman–Crippen LogP) is 5.05. The lowest BCUT2D eigenvalue weighted by atomic mass is 9.65. The van der Waals surface area contributed by atoms with Crippen molar-refractivity contribution in [1.29, 1.82) is 0 Å². The van der Waals surface area contributed by atoms with E-state index in [2.05, 4.69) is 29.8 Å². The number of hydrogen-bond donors (Lipinski definition) is 1. The minimum atomic E-state index is -0.749. The fraction of sp³-hybridized carbons (Fsp3) is 0.588. The lowest BCUT2D eigenvalue weighted by Crippen LogP contribution is -2.38. The van der Waals surface area contributed by atoms with E-state index >= 15 is 0 Å². The van der Waals surface area contributed by atoms with E-state index in [-0.39, 0.29) is 5.82 Å². The maximum absolute atomic E-state index is 13.4. The van der Waals surface area contributed by atoms with Gasteiger partial charge < -0.3 is 5.11 Å². The highest BCUT2D eigenvalue weighted by Crippen LogP contribution is 2.44. The predicted molar refractivity (Wildman–Crippen MR) is 84.7 cm³/mol. The number of carbonyl (C=O) groups is 1. The van der Waals surface area contributed by atoms with Crippen molar-refractivity contribution in [3.63, 3.8) is 0 Å². The van der Waals surface area contributed by atoms with Gasteiger partial charge in [-0.25, -0.2) is 4.39 Å². The first-order valence-corrected chi connectivity index (χ1v) is 8.31. The molecular formula is C17H22BrFO2. The van der Waals surface area contributed by atoms with Gasteiger partial charge in [-0.2, -0.15) is 0 Å². The lowest BCUT2D eigenvalue weighted by molar-refractivity contribution is -0.151. The van der Waals surface area contributed by atoms with Crippen molar-refractivity contribution in [2.45, 2.75) is 46.0 Å². The summed E-state index contributed by atoms with van der Waals surface area (Å²) in [7, 11) is 0. The Morgan fingerprint density at radius 3 is 2.57 bits per heavy atom. The summed E-state index contributed by atoms with van der Waals surface area (Å²) in [6.45, 7) is 4.39. The van der Waals surface area contributed by atoms with Crippen LogP contribution in [0.1, 0.15) is 45.1 Å². The Morgan fingerprint density at radius 1 is 1.43 bits per heavy atom. The average Bonchev–Trinajstić information content (AvgIpc) is 2.43. The summed E-state index contributed by atoms with van der Waals surface area (Å²) in [4.78, 5) is 11.8. The molecule has 0 spiro atoms. The number of rotatable bonds is 4. The van der Waals surface area contributed by atoms with E-state index in [4.69, 9.17) is 0 Å². The van der Waals surface area contributed by atoms with Crippen LogP contribution in [0.5, 0.6) is 0 Å². The zero-order valence-corrected chi connectivity index (χ0v) is 14.1. The molecule has 116 valence electrons. The van der Waals surface area contributed by atoms with Crippen LogP contribution in [0.4, 0.5) is 4.39 Å². The van der Waals surface area contributed by atoms with Crippen molar-refractivity contribution >= 4 is 21.9 Å². The summed E-state index contributed by atoms with van der Waals surface area (Å²) in [5.41, 5.74) is 0.00206. The number of carboxylic acids is 1. The third kappa shape index (κ3) is 3.65. The Bertz CT molecular complexity index is 520. The van der Waals surface area contributed by atoms with Crippen molar-refractivity contribution in [2.75, 3.05) is 0 Å². The summed E-state index contributed by atoms with van der Waals surface area (Å²) in [5.74, 6) is 0.136. The standard InChI is InChI=1S/C17H22BrFO2/c1-11(2)12-5-7-17(8-6-12,16(20)21)10-13-9-14(19)3-4-15(13)18/h3-4,9,11-12H,5-8,10H2,1-2H3,(H,20,21). The molecular weight excluding hydrogens is 335 g/mol. The van der Waals surface area contributed by atoms with E-state index in [0.29, 0.717) is 31.1 Å². The van der Waals surface area contributed by atoms with Crippen molar-refractivity contribution in [2.24, 2.45) is 17.3 Å². The monoisotopic (exact) mass is 356 g/mol. The summed E-state index contributed by atoms with van der Waals surface area (Å²) < 4.78 is 14.2. The second kappa shape index (κ2) is 6.47. The van der Waals surface area contributed by atoms with E-state index in [0.717, 1.165) is 22.9 Å². The molecule has 1 aromatic carbocycles. The van der Waals surface area contributed by atoms with E-state index < -0.39 is 11.4 Å². The van der Waals surface area contributed by atoms with Crippen molar-refractivity contribution in [3.8, 4) is 0 Å². The van der Waals surface area contributed by atoms with Gasteiger partial charge >= 0.3 is 5.97 Å². The van der Waals surface area contributed by atoms with Gasteiger partial charge in [0.1, 0.15) is 5.82 Å². The Kier molecular flexibility index (Phi) is 5.07. The number of hydrogen-bond acceptors (Lipinski definition) is 1. The van der Waals surface area contributed by atoms with Crippen molar-refractivity contribution < 1.29 is 14.3 Å². The molecule has 21 heavy (non-hydrogen) atoms. The molecule has 0 heterocycles. The zero-order valence-electron chi connectivity index (χ0n) is 12.5. The fourth-order valence-electron chi connectivity index (χ4n) is 3.37. The van der Waals surface area contributed by atoms with Gasteiger partial charge in [0.05, 0.1) is 5.41 Å². The molecule has 0 unspecified atom stereocenters. The maximum Gasteiger partial charge on any atom is 0.309 e. The Balaban J connectivity index is 2.21. The van der Waals surface area contributed by atoms with Gasteiger partial charge in [0.15, 0.2) is 0 Å². The van der Waals surface area contributed by atoms with Gasteiger partial charge in [-0.05, 0) is 67.7 Å². The van der Waals surface area contributed by atoms with E-state index in [1.54, 1.807) is 6.07 Å². The van der Waals surface area contributed by atoms with Crippen LogP contribution in [-0.2, 0) is 11.2 Å². The van der Waals surface area contributed by atoms with Crippen LogP contribution in [0, 0.1) is 23.1 Å². The fourth-order valence-corrected chi connectivity index (χ4v) is 3.76. The highest BCUT2D eigenvalue weighted by atomic mass is 79.9. The van der Waals surface area contributed by atoms with Gasteiger partial charge in [-0.1, -0.05) is 29.8 Å². The van der Waals surface area contributed by atoms with Crippen LogP contribution in [0.15, 0.2) is 22.7 Å². The molecule has 0 atom stereocenters. The molecule has 1 aromatic rings. The molecule has 1 fully saturated rings. The molecule has 1 aliphatic rings. The lowest BCUT2D eigenvalue weighted by Gasteiger charge is -2.38. The van der Waals surface area contributed by atoms with Gasteiger partial charge in [0.25, 0.3) is 0 Å². The SMILES string of the molecule is CC(C)C1CCC(Cc2cc(F)ccc2Br)(C(=O)O)CC1. The smallest absolute Gasteiger partial charge is 0.309 e. The first-order chi connectivity index (χ1) is 9.84. The summed E-state index contributed by atoms with van der Waals surface area (Å²) >= 11 is 3.41. The molecule has 0 aromatic heterocycles. The van der Waals surface area contributed by atoms with Crippen molar-refractivity contribution in [1.82, 2.24) is 0 Å². The number of aliphatic carboxylic acids is 1. The van der Waals surface area contributed by atoms with Crippen molar-refractivity contribution in [3.05, 3.63) is 34.1 Å². The Labute approximate surface area is 133 Å². The van der Waals surface area contributed by atoms with Crippen LogP contribution < -0.4 is 0 Å². The molecule has 0 bridgehead atoms. The minimum absolute atomic E-state index is 0.315. The molecule has 1 aliphatic carbocycles. The van der Waals surface area contributed by atoms with Gasteiger partial charge in [-0.15, -0.1) is 0 Å². The third-order valence-electron chi connectivity index (χ3n) is 4.92. The quantitative estimate of drug-likeness (QED) is 0.819. The molecule has 0 saturated heterocycles. The summed E-state index contributed by atoms with van der Waals surface area (Å²) in [6, 6.07) is 4.49. The van der Waals surface area contributed by atoms with Crippen LogP contribution in [0.3, 0.4) is 0 Å². The summed E-state index contributed by atoms with van der Waals surface area (Å²) in [6.07, 6.45) is 3.63. The van der Waals surface area contributed by atoms with Crippen LogP contribution in [0.2, 0.25) is 0 Å². The van der Waals surface area contributed by atoms with E-state index in [1.807, 2.05) is 0 Å². The molecule has 1 saturated carbocycles. The summed E-state index contributed by atoms with van der Waals surface area (Å²) in [5, 5.41) is 9.73. The van der Waals surface area contributed by atoms with Gasteiger partial charge in [-0.3, -0.25) is 4.79 Å². The number of halogens is 2. The zero-order chi connectivity index (χ0) is 15.6. The molecule has 2 rings (SSSR count). The topological polar surface area (TPSA) is 37.3 Å². The maximum atomic E-state index is 13.4. The second-order valence-corrected chi connectivity index (χ2v) is 7.43. The van der Waals surface area contributed by atoms with Crippen LogP contribution in [0.25, 0.3) is 0 Å². The molecule has 0 amide bonds. The second-order valence-electron chi connectivity index (χ2n) is 6.58. The number of benzene rings is 1. The van der Waals surface area contributed by atoms with E-state index in [9.17, 15) is 14.3 Å². The molecule has 1 N–H and O–H groups in total. The third-order valence-corrected chi connectivity index (χ3v) is 5.69. The molecule has 2 nitrogen and oxygen atoms in total. The van der Waals surface area contributed by atoms with Crippen LogP contribution >= 0.6 is 15.9 Å². The normalized spacial score (nSPS) is 26.0. The van der Waals surface area contributed by atoms with Crippen LogP contribution in [-0.4, -0.2) is 11.1 Å². The first kappa shape index (κ1) is 16.5. The minimum Gasteiger partial charge on any atom is -0.481 e. The van der Waals surface area contributed by atoms with Gasteiger partial charge in [0.2, 0.25) is 0 Å². The van der Waals surface area contributed by atoms with Gasteiger partial charge in [0, 0.05) is 4.47 Å². The highest BCUT2D eigenvalue weighted by molar-refractivity contribution is 9.10. The Hall–Kier alpha value is -0.900. The largest absolute Gasteiger partial charge is 0.481 e. The van der Waals surface area contributed by atoms with E-state index in [1.165, 1.54) is 12.1 Å². The first-order valence-electron chi connectivity index (χ1n) is 7.51. The Morgan fingerprint density at radius 2 is 2.05 bits per heavy atom. The number of carboxylic acid groups (broad SMARTS) is 1.